The van der Waals surface area contributed by atoms with Crippen molar-refractivity contribution in [2.24, 2.45) is 5.92 Å². The highest BCUT2D eigenvalue weighted by Gasteiger charge is 2.32. The third-order valence-electron chi connectivity index (χ3n) is 6.17. The van der Waals surface area contributed by atoms with E-state index in [1.165, 1.54) is 0 Å². The van der Waals surface area contributed by atoms with Crippen molar-refractivity contribution in [2.75, 3.05) is 52.4 Å². The maximum absolute atomic E-state index is 13.2. The first-order valence-corrected chi connectivity index (χ1v) is 11.5. The van der Waals surface area contributed by atoms with E-state index in [1.54, 1.807) is 0 Å². The highest BCUT2D eigenvalue weighted by Crippen LogP contribution is 2.22. The average Bonchev–Trinajstić information content (AvgIpc) is 2.97. The van der Waals surface area contributed by atoms with Crippen molar-refractivity contribution >= 4 is 17.7 Å². The van der Waals surface area contributed by atoms with Crippen LogP contribution in [0.2, 0.25) is 0 Å². The Morgan fingerprint density at radius 2 is 1.65 bits per heavy atom. The molecule has 3 amide bonds. The Hall–Kier alpha value is -2.41. The van der Waals surface area contributed by atoms with Crippen molar-refractivity contribution < 1.29 is 14.4 Å². The SMILES string of the molecule is CCNC(=O)CN1CCCN(C(=O)C2CCCN(C(=O)c3cc(C)cc(C)c3)C2)CC1. The van der Waals surface area contributed by atoms with Gasteiger partial charge in [-0.2, -0.15) is 0 Å². The molecule has 0 spiro atoms. The first-order valence-electron chi connectivity index (χ1n) is 11.5. The number of hydrogen-bond acceptors (Lipinski definition) is 4. The number of aryl methyl sites for hydroxylation is 2. The summed E-state index contributed by atoms with van der Waals surface area (Å²) in [5, 5.41) is 2.84. The van der Waals surface area contributed by atoms with E-state index in [1.807, 2.05) is 42.7 Å². The van der Waals surface area contributed by atoms with E-state index in [4.69, 9.17) is 0 Å². The Kier molecular flexibility index (Phi) is 8.07. The van der Waals surface area contributed by atoms with Crippen LogP contribution in [0.1, 0.15) is 47.7 Å². The highest BCUT2D eigenvalue weighted by molar-refractivity contribution is 5.95. The van der Waals surface area contributed by atoms with Crippen LogP contribution in [0, 0.1) is 19.8 Å². The number of benzene rings is 1. The fraction of sp³-hybridized carbons (Fsp3) is 0.625. The molecule has 7 nitrogen and oxygen atoms in total. The van der Waals surface area contributed by atoms with Crippen molar-refractivity contribution in [3.63, 3.8) is 0 Å². The lowest BCUT2D eigenvalue weighted by atomic mass is 9.95. The van der Waals surface area contributed by atoms with Crippen molar-refractivity contribution in [1.82, 2.24) is 20.0 Å². The van der Waals surface area contributed by atoms with Crippen LogP contribution in [-0.4, -0.2) is 84.8 Å². The molecule has 1 N–H and O–H groups in total. The van der Waals surface area contributed by atoms with Crippen LogP contribution in [0.15, 0.2) is 18.2 Å². The Balaban J connectivity index is 1.58. The number of piperidine rings is 1. The summed E-state index contributed by atoms with van der Waals surface area (Å²) in [6.07, 6.45) is 2.54. The quantitative estimate of drug-likeness (QED) is 0.777. The van der Waals surface area contributed by atoms with Gasteiger partial charge in [-0.15, -0.1) is 0 Å². The van der Waals surface area contributed by atoms with Crippen LogP contribution in [0.3, 0.4) is 0 Å². The van der Waals surface area contributed by atoms with Gasteiger partial charge in [0.2, 0.25) is 11.8 Å². The average molecular weight is 429 g/mol. The molecular weight excluding hydrogens is 392 g/mol. The molecule has 2 aliphatic heterocycles. The third kappa shape index (κ3) is 6.29. The van der Waals surface area contributed by atoms with E-state index in [0.29, 0.717) is 51.4 Å². The number of carbonyl (C=O) groups is 3. The summed E-state index contributed by atoms with van der Waals surface area (Å²) in [5.74, 6) is 0.0692. The number of likely N-dealkylation sites (tertiary alicyclic amines) is 1. The molecule has 7 heteroatoms. The van der Waals surface area contributed by atoms with Crippen LogP contribution < -0.4 is 5.32 Å². The lowest BCUT2D eigenvalue weighted by Gasteiger charge is -2.35. The molecule has 0 bridgehead atoms. The minimum atomic E-state index is -0.140. The molecule has 2 saturated heterocycles. The topological polar surface area (TPSA) is 73.0 Å². The van der Waals surface area contributed by atoms with Crippen LogP contribution in [-0.2, 0) is 9.59 Å². The van der Waals surface area contributed by atoms with Gasteiger partial charge in [0.25, 0.3) is 5.91 Å². The molecule has 31 heavy (non-hydrogen) atoms. The van der Waals surface area contributed by atoms with Crippen molar-refractivity contribution in [3.05, 3.63) is 34.9 Å². The molecular formula is C24H36N4O3. The Morgan fingerprint density at radius 3 is 2.35 bits per heavy atom. The van der Waals surface area contributed by atoms with Gasteiger partial charge in [-0.05, 0) is 52.2 Å². The maximum atomic E-state index is 13.2. The summed E-state index contributed by atoms with van der Waals surface area (Å²) >= 11 is 0. The van der Waals surface area contributed by atoms with Crippen molar-refractivity contribution in [2.45, 2.75) is 40.0 Å². The summed E-state index contributed by atoms with van der Waals surface area (Å²) in [5.41, 5.74) is 2.87. The standard InChI is InChI=1S/C24H36N4O3/c1-4-25-22(29)17-26-8-6-10-27(12-11-26)23(30)20-7-5-9-28(16-20)24(31)21-14-18(2)13-19(3)15-21/h13-15,20H,4-12,16-17H2,1-3H3,(H,25,29). The molecule has 0 saturated carbocycles. The van der Waals surface area contributed by atoms with Gasteiger partial charge in [0.1, 0.15) is 0 Å². The van der Waals surface area contributed by atoms with Crippen LogP contribution in [0.25, 0.3) is 0 Å². The minimum absolute atomic E-state index is 0.0216. The molecule has 2 heterocycles. The van der Waals surface area contributed by atoms with Crippen LogP contribution in [0.5, 0.6) is 0 Å². The summed E-state index contributed by atoms with van der Waals surface area (Å²) in [6, 6.07) is 5.92. The maximum Gasteiger partial charge on any atom is 0.253 e. The summed E-state index contributed by atoms with van der Waals surface area (Å²) in [4.78, 5) is 44.1. The fourth-order valence-electron chi connectivity index (χ4n) is 4.71. The van der Waals surface area contributed by atoms with Crippen LogP contribution >= 0.6 is 0 Å². The van der Waals surface area contributed by atoms with E-state index in [0.717, 1.165) is 36.9 Å². The van der Waals surface area contributed by atoms with E-state index in [9.17, 15) is 14.4 Å². The number of rotatable bonds is 5. The smallest absolute Gasteiger partial charge is 0.253 e. The van der Waals surface area contributed by atoms with Gasteiger partial charge in [-0.1, -0.05) is 17.2 Å². The monoisotopic (exact) mass is 428 g/mol. The first-order chi connectivity index (χ1) is 14.9. The van der Waals surface area contributed by atoms with Gasteiger partial charge >= 0.3 is 0 Å². The third-order valence-corrected chi connectivity index (χ3v) is 6.17. The van der Waals surface area contributed by atoms with E-state index < -0.39 is 0 Å². The second-order valence-electron chi connectivity index (χ2n) is 8.88. The molecule has 1 aromatic rings. The molecule has 0 aliphatic carbocycles. The number of nitrogens with zero attached hydrogens (tertiary/aromatic N) is 3. The zero-order valence-electron chi connectivity index (χ0n) is 19.2. The van der Waals surface area contributed by atoms with Gasteiger partial charge in [0.15, 0.2) is 0 Å². The lowest BCUT2D eigenvalue weighted by Crippen LogP contribution is -2.47. The largest absolute Gasteiger partial charge is 0.355 e. The van der Waals surface area contributed by atoms with Crippen LogP contribution in [0.4, 0.5) is 0 Å². The predicted octanol–water partition coefficient (Wildman–Crippen LogP) is 1.83. The molecule has 1 unspecified atom stereocenters. The van der Waals surface area contributed by atoms with E-state index >= 15 is 0 Å². The van der Waals surface area contributed by atoms with Gasteiger partial charge in [0.05, 0.1) is 12.5 Å². The second kappa shape index (κ2) is 10.8. The molecule has 2 aliphatic rings. The molecule has 0 radical (unpaired) electrons. The summed E-state index contributed by atoms with van der Waals surface area (Å²) in [6.45, 7) is 11.0. The number of likely N-dealkylation sites (N-methyl/N-ethyl adjacent to an activating group) is 1. The highest BCUT2D eigenvalue weighted by atomic mass is 16.2. The molecule has 1 aromatic carbocycles. The fourth-order valence-corrected chi connectivity index (χ4v) is 4.71. The zero-order chi connectivity index (χ0) is 22.4. The van der Waals surface area contributed by atoms with E-state index in [2.05, 4.69) is 16.3 Å². The number of amides is 3. The zero-order valence-corrected chi connectivity index (χ0v) is 19.2. The Bertz CT molecular complexity index is 790. The summed E-state index contributed by atoms with van der Waals surface area (Å²) in [7, 11) is 0. The normalized spacial score (nSPS) is 20.3. The van der Waals surface area contributed by atoms with Crippen molar-refractivity contribution in [1.29, 1.82) is 0 Å². The Labute approximate surface area is 185 Å². The number of hydrogen-bond donors (Lipinski definition) is 1. The van der Waals surface area contributed by atoms with Gasteiger partial charge in [0, 0.05) is 51.4 Å². The molecule has 170 valence electrons. The summed E-state index contributed by atoms with van der Waals surface area (Å²) < 4.78 is 0. The van der Waals surface area contributed by atoms with Gasteiger partial charge in [-0.25, -0.2) is 0 Å². The van der Waals surface area contributed by atoms with Gasteiger partial charge < -0.3 is 15.1 Å². The van der Waals surface area contributed by atoms with Gasteiger partial charge in [-0.3, -0.25) is 19.3 Å². The molecule has 3 rings (SSSR count). The Morgan fingerprint density at radius 1 is 0.935 bits per heavy atom. The molecule has 0 aromatic heterocycles. The molecule has 1 atom stereocenters. The van der Waals surface area contributed by atoms with Crippen molar-refractivity contribution in [3.8, 4) is 0 Å². The molecule has 2 fully saturated rings. The number of carbonyl (C=O) groups excluding carboxylic acids is 3. The number of nitrogens with one attached hydrogen (secondary N) is 1. The predicted molar refractivity (Wildman–Crippen MR) is 121 cm³/mol. The first kappa shape index (κ1) is 23.3. The second-order valence-corrected chi connectivity index (χ2v) is 8.88. The minimum Gasteiger partial charge on any atom is -0.355 e. The van der Waals surface area contributed by atoms with E-state index in [-0.39, 0.29) is 23.6 Å². The lowest BCUT2D eigenvalue weighted by molar-refractivity contribution is -0.136.